The molecule has 0 aliphatic carbocycles. The van der Waals surface area contributed by atoms with Crippen LogP contribution >= 0.6 is 31.0 Å². The van der Waals surface area contributed by atoms with Crippen LogP contribution in [-0.2, 0) is 25.0 Å². The average Bonchev–Trinajstić information content (AvgIpc) is 2.93. The van der Waals surface area contributed by atoms with Gasteiger partial charge in [0.2, 0.25) is 5.85 Å². The number of aliphatic hydroxyl groups excluding tert-OH is 1. The summed E-state index contributed by atoms with van der Waals surface area (Å²) in [5, 5.41) is 10.2. The van der Waals surface area contributed by atoms with E-state index >= 15 is 4.39 Å². The first-order valence-corrected chi connectivity index (χ1v) is 10.6. The summed E-state index contributed by atoms with van der Waals surface area (Å²) in [6.45, 7) is -1.24. The highest BCUT2D eigenvalue weighted by Gasteiger charge is 2.50. The van der Waals surface area contributed by atoms with Crippen LogP contribution in [0, 0.1) is 0 Å². The minimum Gasteiger partial charge on any atom is -0.404 e. The summed E-state index contributed by atoms with van der Waals surface area (Å²) in [6, 6.07) is 4.47. The second kappa shape index (κ2) is 7.76. The summed E-state index contributed by atoms with van der Waals surface area (Å²) in [6.07, 6.45) is -4.65. The Bertz CT molecular complexity index is 1210. The molecule has 0 saturated carbocycles. The van der Waals surface area contributed by atoms with Gasteiger partial charge < -0.3 is 14.4 Å². The van der Waals surface area contributed by atoms with Gasteiger partial charge in [0.15, 0.2) is 6.20 Å². The lowest BCUT2D eigenvalue weighted by Crippen LogP contribution is -2.36. The Labute approximate surface area is 179 Å². The molecule has 2 aliphatic heterocycles. The third-order valence-electron chi connectivity index (χ3n) is 4.26. The molecule has 1 fully saturated rings. The molecule has 162 valence electrons. The van der Waals surface area contributed by atoms with Crippen LogP contribution < -0.4 is 15.8 Å². The fourth-order valence-electron chi connectivity index (χ4n) is 2.87. The number of aliphatic hydroxyl groups is 1. The molecule has 1 aromatic heterocycles. The number of aromatic amines is 1. The fourth-order valence-corrected chi connectivity index (χ4v) is 4.45. The lowest BCUT2D eigenvalue weighted by atomic mass is 10.2. The highest BCUT2D eigenvalue weighted by Crippen LogP contribution is 2.55. The topological polar surface area (TPSA) is 129 Å². The first-order chi connectivity index (χ1) is 14.4. The second-order valence-corrected chi connectivity index (χ2v) is 8.92. The van der Waals surface area contributed by atoms with Gasteiger partial charge >= 0.3 is 13.5 Å². The number of hydrogen-bond donors (Lipinski definition) is 2. The summed E-state index contributed by atoms with van der Waals surface area (Å²) in [5.74, 6) is -2.68. The molecular weight excluding hydrogens is 469 g/mol. The van der Waals surface area contributed by atoms with Crippen LogP contribution in [0.5, 0.6) is 5.75 Å². The highest BCUT2D eigenvalue weighted by molar-refractivity contribution is 7.49. The zero-order valence-electron chi connectivity index (χ0n) is 15.8. The number of halogens is 3. The standard InChI is InChI=1S/C16H14Cl2FN2O8P/c17-9-1-2-12-8(3-9)6-26-30(25,29-12)27-7-16(19)4-11(22)14(28-16)21-5-10(18)13(23)20-15(21)24/h1-3,5,11,14,22H,4,6-7H2,(H,20,23,24)/t11-,14-,16+,30?/m1/s1/i14D. The molecule has 10 nitrogen and oxygen atoms in total. The Morgan fingerprint density at radius 2 is 2.23 bits per heavy atom. The molecule has 1 saturated heterocycles. The molecule has 4 atom stereocenters. The van der Waals surface area contributed by atoms with Gasteiger partial charge in [0.1, 0.15) is 23.5 Å². The maximum absolute atomic E-state index is 15.2. The molecule has 1 aromatic carbocycles. The van der Waals surface area contributed by atoms with Crippen LogP contribution in [0.15, 0.2) is 34.0 Å². The Morgan fingerprint density at radius 1 is 1.47 bits per heavy atom. The van der Waals surface area contributed by atoms with E-state index in [-0.39, 0.29) is 12.4 Å². The van der Waals surface area contributed by atoms with Gasteiger partial charge in [0.05, 0.1) is 7.98 Å². The van der Waals surface area contributed by atoms with E-state index in [9.17, 15) is 19.3 Å². The van der Waals surface area contributed by atoms with Crippen LogP contribution in [-0.4, -0.2) is 33.2 Å². The van der Waals surface area contributed by atoms with Crippen molar-refractivity contribution in [3.63, 3.8) is 0 Å². The van der Waals surface area contributed by atoms with Gasteiger partial charge in [-0.1, -0.05) is 23.2 Å². The molecule has 2 N–H and O–H groups in total. The highest BCUT2D eigenvalue weighted by atomic mass is 35.5. The number of phosphoric acid groups is 1. The summed E-state index contributed by atoms with van der Waals surface area (Å²) in [7, 11) is -4.26. The average molecular weight is 484 g/mol. The molecule has 14 heteroatoms. The summed E-state index contributed by atoms with van der Waals surface area (Å²) in [4.78, 5) is 25.3. The van der Waals surface area contributed by atoms with E-state index in [0.717, 1.165) is 6.20 Å². The van der Waals surface area contributed by atoms with Crippen LogP contribution in [0.3, 0.4) is 0 Å². The number of alkyl halides is 1. The summed E-state index contributed by atoms with van der Waals surface area (Å²) >= 11 is 11.5. The van der Waals surface area contributed by atoms with E-state index < -0.39 is 55.3 Å². The van der Waals surface area contributed by atoms with E-state index in [0.29, 0.717) is 15.2 Å². The number of nitrogens with zero attached hydrogens (tertiary/aromatic N) is 1. The van der Waals surface area contributed by atoms with Crippen molar-refractivity contribution >= 4 is 31.0 Å². The molecular formula is C16H14Cl2FN2O8P. The third kappa shape index (κ3) is 4.19. The maximum atomic E-state index is 15.2. The molecule has 30 heavy (non-hydrogen) atoms. The van der Waals surface area contributed by atoms with Gasteiger partial charge in [0, 0.05) is 23.2 Å². The fraction of sp³-hybridized carbons (Fsp3) is 0.375. The van der Waals surface area contributed by atoms with E-state index in [2.05, 4.69) is 0 Å². The van der Waals surface area contributed by atoms with Gasteiger partial charge in [0.25, 0.3) is 5.56 Å². The summed E-state index contributed by atoms with van der Waals surface area (Å²) < 4.78 is 56.9. The van der Waals surface area contributed by atoms with Crippen LogP contribution in [0.1, 0.15) is 19.6 Å². The predicted octanol–water partition coefficient (Wildman–Crippen LogP) is 2.52. The first-order valence-electron chi connectivity index (χ1n) is 8.89. The van der Waals surface area contributed by atoms with Crippen molar-refractivity contribution in [1.82, 2.24) is 9.55 Å². The van der Waals surface area contributed by atoms with Crippen LogP contribution in [0.4, 0.5) is 4.39 Å². The molecule has 2 aromatic rings. The normalized spacial score (nSPS) is 33.6. The number of fused-ring (bicyclic) bond motifs is 1. The number of aromatic nitrogens is 2. The molecule has 0 bridgehead atoms. The van der Waals surface area contributed by atoms with Gasteiger partial charge in [-0.05, 0) is 18.2 Å². The predicted molar refractivity (Wildman–Crippen MR) is 101 cm³/mol. The number of ether oxygens (including phenoxy) is 1. The molecule has 1 unspecified atom stereocenters. The number of phosphoric ester groups is 1. The van der Waals surface area contributed by atoms with Crippen molar-refractivity contribution < 1.29 is 33.7 Å². The zero-order valence-corrected chi connectivity index (χ0v) is 17.2. The van der Waals surface area contributed by atoms with Gasteiger partial charge in [-0.3, -0.25) is 23.4 Å². The van der Waals surface area contributed by atoms with E-state index in [1.54, 1.807) is 0 Å². The van der Waals surface area contributed by atoms with Crippen molar-refractivity contribution in [1.29, 1.82) is 0 Å². The van der Waals surface area contributed by atoms with Crippen LogP contribution in [0.2, 0.25) is 10.0 Å². The van der Waals surface area contributed by atoms with Gasteiger partial charge in [-0.25, -0.2) is 13.8 Å². The molecule has 2 aliphatic rings. The number of benzene rings is 1. The lowest BCUT2D eigenvalue weighted by Gasteiger charge is -2.27. The number of nitrogens with one attached hydrogen (secondary N) is 1. The van der Waals surface area contributed by atoms with Crippen molar-refractivity contribution in [3.05, 3.63) is 60.8 Å². The van der Waals surface area contributed by atoms with E-state index in [4.69, 9.17) is 42.9 Å². The maximum Gasteiger partial charge on any atom is 0.530 e. The Hall–Kier alpha value is -1.72. The van der Waals surface area contributed by atoms with Crippen LogP contribution in [0.25, 0.3) is 0 Å². The molecule has 0 amide bonds. The van der Waals surface area contributed by atoms with Gasteiger partial charge in [-0.15, -0.1) is 0 Å². The Balaban J connectivity index is 1.52. The lowest BCUT2D eigenvalue weighted by molar-refractivity contribution is -0.179. The Kier molecular flexibility index (Phi) is 5.22. The number of hydrogen-bond acceptors (Lipinski definition) is 8. The van der Waals surface area contributed by atoms with Gasteiger partial charge in [-0.2, -0.15) is 0 Å². The number of rotatable bonds is 4. The quantitative estimate of drug-likeness (QED) is 0.634. The first kappa shape index (κ1) is 20.2. The minimum atomic E-state index is -4.26. The molecule has 4 rings (SSSR count). The number of H-pyrrole nitrogens is 1. The molecule has 3 heterocycles. The molecule has 0 radical (unpaired) electrons. The zero-order chi connectivity index (χ0) is 22.6. The smallest absolute Gasteiger partial charge is 0.404 e. The van der Waals surface area contributed by atoms with Crippen molar-refractivity contribution in [2.75, 3.05) is 6.61 Å². The SMILES string of the molecule is [2H][C@@]1(n2cc(Cl)c(=O)[nH]c2=O)O[C@](F)(COP2(=O)OCc3cc(Cl)ccc3O2)C[C@H]1O. The monoisotopic (exact) mass is 483 g/mol. The third-order valence-corrected chi connectivity index (χ3v) is 6.07. The van der Waals surface area contributed by atoms with Crippen molar-refractivity contribution in [2.24, 2.45) is 0 Å². The van der Waals surface area contributed by atoms with E-state index in [1.165, 1.54) is 18.2 Å². The van der Waals surface area contributed by atoms with Crippen molar-refractivity contribution in [3.8, 4) is 5.75 Å². The molecule has 0 spiro atoms. The largest absolute Gasteiger partial charge is 0.530 e. The summed E-state index contributed by atoms with van der Waals surface area (Å²) in [5.41, 5.74) is -1.58. The Morgan fingerprint density at radius 3 is 3.00 bits per heavy atom. The minimum absolute atomic E-state index is 0.170. The van der Waals surface area contributed by atoms with Crippen molar-refractivity contribution in [2.45, 2.75) is 31.2 Å². The van der Waals surface area contributed by atoms with E-state index in [1.807, 2.05) is 4.98 Å². The second-order valence-electron chi connectivity index (χ2n) is 6.49.